The van der Waals surface area contributed by atoms with Gasteiger partial charge in [0.2, 0.25) is 5.88 Å². The second-order valence-corrected chi connectivity index (χ2v) is 4.08. The average molecular weight is 240 g/mol. The van der Waals surface area contributed by atoms with E-state index in [4.69, 9.17) is 10.5 Å². The molecule has 0 aliphatic rings. The summed E-state index contributed by atoms with van der Waals surface area (Å²) in [5.41, 5.74) is 6.13. The van der Waals surface area contributed by atoms with Gasteiger partial charge in [-0.3, -0.25) is 0 Å². The molecule has 0 saturated carbocycles. The lowest BCUT2D eigenvalue weighted by Gasteiger charge is -2.08. The second-order valence-electron chi connectivity index (χ2n) is 4.08. The van der Waals surface area contributed by atoms with Gasteiger partial charge in [0, 0.05) is 12.1 Å². The fraction of sp³-hybridized carbons (Fsp3) is 0.615. The largest absolute Gasteiger partial charge is 0.477 e. The molecular formula is C13H21FN2O. The van der Waals surface area contributed by atoms with Crippen molar-refractivity contribution in [3.05, 3.63) is 23.6 Å². The Labute approximate surface area is 102 Å². The molecule has 0 bridgehead atoms. The van der Waals surface area contributed by atoms with Crippen LogP contribution in [-0.4, -0.2) is 11.6 Å². The minimum absolute atomic E-state index is 0.246. The molecule has 3 nitrogen and oxygen atoms in total. The highest BCUT2D eigenvalue weighted by Gasteiger charge is 2.05. The van der Waals surface area contributed by atoms with Crippen molar-refractivity contribution in [3.63, 3.8) is 0 Å². The van der Waals surface area contributed by atoms with Gasteiger partial charge >= 0.3 is 0 Å². The second kappa shape index (κ2) is 8.01. The first-order valence-corrected chi connectivity index (χ1v) is 6.25. The molecule has 0 spiro atoms. The molecule has 0 fully saturated rings. The summed E-state index contributed by atoms with van der Waals surface area (Å²) in [5, 5.41) is 0. The van der Waals surface area contributed by atoms with Gasteiger partial charge in [-0.15, -0.1) is 0 Å². The third kappa shape index (κ3) is 5.13. The monoisotopic (exact) mass is 240 g/mol. The highest BCUT2D eigenvalue weighted by atomic mass is 19.1. The van der Waals surface area contributed by atoms with Crippen molar-refractivity contribution in [3.8, 4) is 5.88 Å². The van der Waals surface area contributed by atoms with Crippen LogP contribution >= 0.6 is 0 Å². The maximum Gasteiger partial charge on any atom is 0.218 e. The summed E-state index contributed by atoms with van der Waals surface area (Å²) >= 11 is 0. The predicted octanol–water partition coefficient (Wildman–Crippen LogP) is 3.03. The van der Waals surface area contributed by atoms with Gasteiger partial charge in [-0.1, -0.05) is 32.6 Å². The van der Waals surface area contributed by atoms with Gasteiger partial charge in [0.1, 0.15) is 5.82 Å². The van der Waals surface area contributed by atoms with Crippen molar-refractivity contribution in [2.45, 2.75) is 45.6 Å². The Kier molecular flexibility index (Phi) is 6.55. The highest BCUT2D eigenvalue weighted by Crippen LogP contribution is 2.16. The van der Waals surface area contributed by atoms with E-state index in [1.807, 2.05) is 0 Å². The Morgan fingerprint density at radius 1 is 1.29 bits per heavy atom. The van der Waals surface area contributed by atoms with Crippen molar-refractivity contribution in [1.82, 2.24) is 4.98 Å². The van der Waals surface area contributed by atoms with Crippen molar-refractivity contribution < 1.29 is 9.13 Å². The topological polar surface area (TPSA) is 48.1 Å². The van der Waals surface area contributed by atoms with Crippen LogP contribution in [0.1, 0.15) is 44.6 Å². The first-order valence-electron chi connectivity index (χ1n) is 6.25. The normalized spacial score (nSPS) is 10.5. The first-order chi connectivity index (χ1) is 8.27. The Bertz CT molecular complexity index is 331. The van der Waals surface area contributed by atoms with E-state index in [0.717, 1.165) is 19.0 Å². The van der Waals surface area contributed by atoms with Gasteiger partial charge in [0.05, 0.1) is 12.8 Å². The van der Waals surface area contributed by atoms with E-state index in [1.165, 1.54) is 25.3 Å². The smallest absolute Gasteiger partial charge is 0.218 e. The summed E-state index contributed by atoms with van der Waals surface area (Å²) in [5.74, 6) is 0.0881. The van der Waals surface area contributed by atoms with Crippen molar-refractivity contribution in [2.24, 2.45) is 5.73 Å². The lowest BCUT2D eigenvalue weighted by Crippen LogP contribution is -2.06. The molecule has 0 aromatic carbocycles. The van der Waals surface area contributed by atoms with Gasteiger partial charge in [-0.25, -0.2) is 9.37 Å². The molecule has 0 atom stereocenters. The fourth-order valence-corrected chi connectivity index (χ4v) is 1.62. The molecule has 2 N–H and O–H groups in total. The van der Waals surface area contributed by atoms with Gasteiger partial charge in [0.25, 0.3) is 0 Å². The number of nitrogens with two attached hydrogens (primary N) is 1. The molecule has 0 radical (unpaired) electrons. The molecule has 1 heterocycles. The van der Waals surface area contributed by atoms with Crippen LogP contribution in [0.4, 0.5) is 4.39 Å². The number of pyridine rings is 1. The summed E-state index contributed by atoms with van der Waals surface area (Å²) in [6.45, 7) is 3.05. The number of aromatic nitrogens is 1. The van der Waals surface area contributed by atoms with E-state index in [2.05, 4.69) is 11.9 Å². The molecule has 1 rings (SSSR count). The minimum atomic E-state index is -0.374. The van der Waals surface area contributed by atoms with Crippen molar-refractivity contribution in [1.29, 1.82) is 0 Å². The molecule has 0 unspecified atom stereocenters. The Morgan fingerprint density at radius 2 is 2.06 bits per heavy atom. The maximum atomic E-state index is 12.9. The van der Waals surface area contributed by atoms with Crippen LogP contribution < -0.4 is 10.5 Å². The molecule has 4 heteroatoms. The number of hydrogen-bond acceptors (Lipinski definition) is 3. The van der Waals surface area contributed by atoms with E-state index >= 15 is 0 Å². The van der Waals surface area contributed by atoms with Crippen molar-refractivity contribution in [2.75, 3.05) is 6.61 Å². The summed E-state index contributed by atoms with van der Waals surface area (Å²) in [6, 6.07) is 1.37. The zero-order valence-corrected chi connectivity index (χ0v) is 10.4. The van der Waals surface area contributed by atoms with Crippen LogP contribution in [0.2, 0.25) is 0 Å². The summed E-state index contributed by atoms with van der Waals surface area (Å²) in [7, 11) is 0. The van der Waals surface area contributed by atoms with Crippen LogP contribution in [0.15, 0.2) is 12.3 Å². The lowest BCUT2D eigenvalue weighted by atomic mass is 10.2. The lowest BCUT2D eigenvalue weighted by molar-refractivity contribution is 0.289. The standard InChI is InChI=1S/C13H21FN2O/c1-2-3-4-5-6-7-17-13-11(9-15)8-12(14)10-16-13/h8,10H,2-7,9,15H2,1H3. The number of ether oxygens (including phenoxy) is 1. The molecule has 0 amide bonds. The van der Waals surface area contributed by atoms with E-state index < -0.39 is 0 Å². The predicted molar refractivity (Wildman–Crippen MR) is 66.3 cm³/mol. The van der Waals surface area contributed by atoms with E-state index in [9.17, 15) is 4.39 Å². The Balaban J connectivity index is 2.31. The number of rotatable bonds is 8. The Morgan fingerprint density at radius 3 is 2.76 bits per heavy atom. The van der Waals surface area contributed by atoms with Crippen LogP contribution in [-0.2, 0) is 6.54 Å². The first kappa shape index (κ1) is 13.9. The van der Waals surface area contributed by atoms with Crippen LogP contribution in [0, 0.1) is 5.82 Å². The summed E-state index contributed by atoms with van der Waals surface area (Å²) in [4.78, 5) is 3.91. The third-order valence-electron chi connectivity index (χ3n) is 2.60. The molecule has 0 saturated heterocycles. The summed E-state index contributed by atoms with van der Waals surface area (Å²) in [6.07, 6.45) is 7.06. The maximum absolute atomic E-state index is 12.9. The Hall–Kier alpha value is -1.16. The molecule has 96 valence electrons. The zero-order valence-electron chi connectivity index (χ0n) is 10.4. The SMILES string of the molecule is CCCCCCCOc1ncc(F)cc1CN. The molecule has 1 aromatic rings. The number of nitrogens with zero attached hydrogens (tertiary/aromatic N) is 1. The molecular weight excluding hydrogens is 219 g/mol. The van der Waals surface area contributed by atoms with Gasteiger partial charge in [-0.2, -0.15) is 0 Å². The number of unbranched alkanes of at least 4 members (excludes halogenated alkanes) is 4. The van der Waals surface area contributed by atoms with Crippen LogP contribution in [0.25, 0.3) is 0 Å². The highest BCUT2D eigenvalue weighted by molar-refractivity contribution is 5.25. The minimum Gasteiger partial charge on any atom is -0.477 e. The quantitative estimate of drug-likeness (QED) is 0.710. The third-order valence-corrected chi connectivity index (χ3v) is 2.60. The van der Waals surface area contributed by atoms with E-state index in [-0.39, 0.29) is 12.4 Å². The zero-order chi connectivity index (χ0) is 12.5. The summed E-state index contributed by atoms with van der Waals surface area (Å²) < 4.78 is 18.4. The van der Waals surface area contributed by atoms with Crippen LogP contribution in [0.5, 0.6) is 5.88 Å². The molecule has 0 aliphatic carbocycles. The van der Waals surface area contributed by atoms with Crippen molar-refractivity contribution >= 4 is 0 Å². The molecule has 1 aromatic heterocycles. The molecule has 17 heavy (non-hydrogen) atoms. The number of hydrogen-bond donors (Lipinski definition) is 1. The van der Waals surface area contributed by atoms with E-state index in [1.54, 1.807) is 0 Å². The van der Waals surface area contributed by atoms with Gasteiger partial charge in [0.15, 0.2) is 0 Å². The molecule has 0 aliphatic heterocycles. The van der Waals surface area contributed by atoms with Gasteiger partial charge in [-0.05, 0) is 12.5 Å². The fourth-order valence-electron chi connectivity index (χ4n) is 1.62. The van der Waals surface area contributed by atoms with Gasteiger partial charge < -0.3 is 10.5 Å². The van der Waals surface area contributed by atoms with E-state index in [0.29, 0.717) is 18.1 Å². The van der Waals surface area contributed by atoms with Crippen LogP contribution in [0.3, 0.4) is 0 Å². The number of halogens is 1. The average Bonchev–Trinajstić information content (AvgIpc) is 2.35.